The van der Waals surface area contributed by atoms with E-state index < -0.39 is 0 Å². The number of hydrogen-bond donors (Lipinski definition) is 2. The highest BCUT2D eigenvalue weighted by atomic mass is 16.3. The molecule has 1 aliphatic rings. The van der Waals surface area contributed by atoms with Crippen LogP contribution in [0.25, 0.3) is 0 Å². The monoisotopic (exact) mass is 194 g/mol. The minimum absolute atomic E-state index is 0.0656. The molecule has 78 valence electrons. The number of rotatable bonds is 2. The summed E-state index contributed by atoms with van der Waals surface area (Å²) >= 11 is 0. The molecule has 0 saturated heterocycles. The molecule has 3 heteroatoms. The van der Waals surface area contributed by atoms with E-state index in [2.05, 4.69) is 16.9 Å². The third kappa shape index (κ3) is 1.98. The lowest BCUT2D eigenvalue weighted by molar-refractivity contribution is 0.276. The molecule has 0 atom stereocenters. The van der Waals surface area contributed by atoms with Crippen LogP contribution in [0.3, 0.4) is 0 Å². The van der Waals surface area contributed by atoms with Crippen molar-refractivity contribution in [3.63, 3.8) is 0 Å². The van der Waals surface area contributed by atoms with Crippen molar-refractivity contribution in [1.82, 2.24) is 9.97 Å². The molecule has 1 fully saturated rings. The zero-order chi connectivity index (χ0) is 9.97. The van der Waals surface area contributed by atoms with Gasteiger partial charge in [0.1, 0.15) is 5.82 Å². The molecule has 0 aliphatic heterocycles. The molecule has 1 saturated carbocycles. The molecule has 1 aliphatic carbocycles. The molecule has 3 nitrogen and oxygen atoms in total. The van der Waals surface area contributed by atoms with Crippen LogP contribution in [0.5, 0.6) is 0 Å². The Morgan fingerprint density at radius 2 is 2.14 bits per heavy atom. The topological polar surface area (TPSA) is 48.9 Å². The Morgan fingerprint density at radius 3 is 2.71 bits per heavy atom. The summed E-state index contributed by atoms with van der Waals surface area (Å²) in [6, 6.07) is 0. The minimum atomic E-state index is 0.0656. The molecule has 1 aromatic heterocycles. The van der Waals surface area contributed by atoms with Crippen molar-refractivity contribution in [2.75, 3.05) is 0 Å². The summed E-state index contributed by atoms with van der Waals surface area (Å²) in [4.78, 5) is 7.51. The number of H-pyrrole nitrogens is 1. The second-order valence-electron chi connectivity index (χ2n) is 4.41. The lowest BCUT2D eigenvalue weighted by atomic mass is 9.83. The highest BCUT2D eigenvalue weighted by Crippen LogP contribution is 2.33. The fourth-order valence-electron chi connectivity index (χ4n) is 2.20. The molecular formula is C11H18N2O. The van der Waals surface area contributed by atoms with Gasteiger partial charge >= 0.3 is 0 Å². The van der Waals surface area contributed by atoms with E-state index in [-0.39, 0.29) is 6.61 Å². The normalized spacial score (nSPS) is 27.9. The lowest BCUT2D eigenvalue weighted by Gasteiger charge is -2.24. The minimum Gasteiger partial charge on any atom is -0.390 e. The average Bonchev–Trinajstić information content (AvgIpc) is 2.67. The molecule has 1 aromatic rings. The zero-order valence-corrected chi connectivity index (χ0v) is 8.66. The van der Waals surface area contributed by atoms with Crippen LogP contribution in [-0.4, -0.2) is 15.1 Å². The van der Waals surface area contributed by atoms with E-state index in [1.165, 1.54) is 25.7 Å². The van der Waals surface area contributed by atoms with Crippen molar-refractivity contribution < 1.29 is 5.11 Å². The molecule has 2 rings (SSSR count). The Hall–Kier alpha value is -0.830. The Kier molecular flexibility index (Phi) is 2.87. The first kappa shape index (κ1) is 9.71. The van der Waals surface area contributed by atoms with Gasteiger partial charge in [0.25, 0.3) is 0 Å². The van der Waals surface area contributed by atoms with Gasteiger partial charge in [-0.15, -0.1) is 0 Å². The summed E-state index contributed by atoms with van der Waals surface area (Å²) in [5, 5.41) is 8.92. The van der Waals surface area contributed by atoms with Crippen LogP contribution in [0, 0.1) is 5.92 Å². The predicted molar refractivity (Wildman–Crippen MR) is 54.9 cm³/mol. The van der Waals surface area contributed by atoms with Crippen LogP contribution in [0.1, 0.15) is 50.0 Å². The first-order valence-electron chi connectivity index (χ1n) is 5.44. The molecule has 0 unspecified atom stereocenters. The van der Waals surface area contributed by atoms with E-state index in [9.17, 15) is 0 Å². The Balaban J connectivity index is 2.01. The first-order valence-corrected chi connectivity index (χ1v) is 5.44. The van der Waals surface area contributed by atoms with Gasteiger partial charge in [-0.25, -0.2) is 4.98 Å². The van der Waals surface area contributed by atoms with Gasteiger partial charge in [-0.05, 0) is 18.8 Å². The summed E-state index contributed by atoms with van der Waals surface area (Å²) in [5.41, 5.74) is 0.832. The summed E-state index contributed by atoms with van der Waals surface area (Å²) in [6.07, 6.45) is 6.83. The fourth-order valence-corrected chi connectivity index (χ4v) is 2.20. The van der Waals surface area contributed by atoms with Crippen molar-refractivity contribution in [2.45, 2.75) is 45.1 Å². The third-order valence-corrected chi connectivity index (χ3v) is 3.22. The van der Waals surface area contributed by atoms with Crippen molar-refractivity contribution >= 4 is 0 Å². The predicted octanol–water partition coefficient (Wildman–Crippen LogP) is 2.20. The largest absolute Gasteiger partial charge is 0.390 e. The smallest absolute Gasteiger partial charge is 0.109 e. The van der Waals surface area contributed by atoms with Crippen LogP contribution < -0.4 is 0 Å². The van der Waals surface area contributed by atoms with Crippen molar-refractivity contribution in [2.24, 2.45) is 5.92 Å². The number of aromatic amines is 1. The van der Waals surface area contributed by atoms with E-state index in [4.69, 9.17) is 5.11 Å². The van der Waals surface area contributed by atoms with Gasteiger partial charge in [0.15, 0.2) is 0 Å². The van der Waals surface area contributed by atoms with E-state index in [0.717, 1.165) is 17.4 Å². The molecule has 0 spiro atoms. The number of aromatic nitrogens is 2. The molecule has 14 heavy (non-hydrogen) atoms. The summed E-state index contributed by atoms with van der Waals surface area (Å²) in [7, 11) is 0. The number of aliphatic hydroxyl groups excluding tert-OH is 1. The van der Waals surface area contributed by atoms with Crippen molar-refractivity contribution in [3.8, 4) is 0 Å². The maximum atomic E-state index is 8.92. The standard InChI is InChI=1S/C11H18N2O/c1-8-2-4-9(5-3-8)11-12-6-10(7-14)13-11/h6,8-9,14H,2-5,7H2,1H3,(H,12,13). The average molecular weight is 194 g/mol. The van der Waals surface area contributed by atoms with Crippen molar-refractivity contribution in [1.29, 1.82) is 0 Å². The summed E-state index contributed by atoms with van der Waals surface area (Å²) < 4.78 is 0. The Morgan fingerprint density at radius 1 is 1.43 bits per heavy atom. The molecule has 1 heterocycles. The molecule has 0 radical (unpaired) electrons. The Labute approximate surface area is 84.6 Å². The van der Waals surface area contributed by atoms with E-state index in [0.29, 0.717) is 5.92 Å². The molecular weight excluding hydrogens is 176 g/mol. The first-order chi connectivity index (χ1) is 6.79. The molecule has 2 N–H and O–H groups in total. The number of aliphatic hydroxyl groups is 1. The van der Waals surface area contributed by atoms with Gasteiger partial charge in [0, 0.05) is 5.92 Å². The van der Waals surface area contributed by atoms with E-state index in [1.807, 2.05) is 0 Å². The van der Waals surface area contributed by atoms with Crippen molar-refractivity contribution in [3.05, 3.63) is 17.7 Å². The zero-order valence-electron chi connectivity index (χ0n) is 8.66. The third-order valence-electron chi connectivity index (χ3n) is 3.22. The quantitative estimate of drug-likeness (QED) is 0.758. The van der Waals surface area contributed by atoms with Crippen LogP contribution >= 0.6 is 0 Å². The van der Waals surface area contributed by atoms with Crippen LogP contribution in [0.4, 0.5) is 0 Å². The maximum absolute atomic E-state index is 8.92. The van der Waals surface area contributed by atoms with Gasteiger partial charge in [0.2, 0.25) is 0 Å². The van der Waals surface area contributed by atoms with Gasteiger partial charge in [-0.3, -0.25) is 0 Å². The highest BCUT2D eigenvalue weighted by molar-refractivity contribution is 5.05. The maximum Gasteiger partial charge on any atom is 0.109 e. The fraction of sp³-hybridized carbons (Fsp3) is 0.727. The number of imidazole rings is 1. The molecule has 0 aromatic carbocycles. The van der Waals surface area contributed by atoms with Crippen LogP contribution in [0.15, 0.2) is 6.20 Å². The number of hydrogen-bond acceptors (Lipinski definition) is 2. The number of nitrogens with zero attached hydrogens (tertiary/aromatic N) is 1. The van der Waals surface area contributed by atoms with Gasteiger partial charge in [-0.1, -0.05) is 19.8 Å². The SMILES string of the molecule is CC1CCC(c2ncc(CO)[nH]2)CC1. The Bertz CT molecular complexity index is 287. The van der Waals surface area contributed by atoms with E-state index in [1.54, 1.807) is 6.20 Å². The summed E-state index contributed by atoms with van der Waals surface area (Å²) in [5.74, 6) is 2.53. The molecule has 0 bridgehead atoms. The van der Waals surface area contributed by atoms with Crippen LogP contribution in [0.2, 0.25) is 0 Å². The number of nitrogens with one attached hydrogen (secondary N) is 1. The molecule has 0 amide bonds. The lowest BCUT2D eigenvalue weighted by Crippen LogP contribution is -2.12. The highest BCUT2D eigenvalue weighted by Gasteiger charge is 2.21. The summed E-state index contributed by atoms with van der Waals surface area (Å²) in [6.45, 7) is 2.38. The second kappa shape index (κ2) is 4.13. The second-order valence-corrected chi connectivity index (χ2v) is 4.41. The van der Waals surface area contributed by atoms with Crippen LogP contribution in [-0.2, 0) is 6.61 Å². The van der Waals surface area contributed by atoms with E-state index >= 15 is 0 Å². The van der Waals surface area contributed by atoms with Gasteiger partial charge in [0.05, 0.1) is 18.5 Å². The van der Waals surface area contributed by atoms with Gasteiger partial charge in [-0.2, -0.15) is 0 Å². The van der Waals surface area contributed by atoms with Gasteiger partial charge < -0.3 is 10.1 Å².